The van der Waals surface area contributed by atoms with Crippen LogP contribution in [0.3, 0.4) is 0 Å². The standard InChI is InChI=1S/C18H19FO2/c1-12-3-5-14-7-8-18(20,15(14)9-12)11-13-4-6-17(21-2)16(19)10-13/h3-6,9-10,20H,7-8,11H2,1-2H3. The van der Waals surface area contributed by atoms with E-state index in [4.69, 9.17) is 4.74 Å². The highest BCUT2D eigenvalue weighted by Gasteiger charge is 2.36. The van der Waals surface area contributed by atoms with Crippen molar-refractivity contribution in [1.82, 2.24) is 0 Å². The zero-order valence-corrected chi connectivity index (χ0v) is 12.3. The van der Waals surface area contributed by atoms with Crippen LogP contribution in [0.15, 0.2) is 36.4 Å². The molecule has 1 unspecified atom stereocenters. The molecule has 3 heteroatoms. The van der Waals surface area contributed by atoms with Crippen molar-refractivity contribution in [3.8, 4) is 5.75 Å². The van der Waals surface area contributed by atoms with E-state index in [1.807, 2.05) is 19.1 Å². The Morgan fingerprint density at radius 3 is 2.76 bits per heavy atom. The second-order valence-electron chi connectivity index (χ2n) is 5.84. The van der Waals surface area contributed by atoms with Gasteiger partial charge in [-0.3, -0.25) is 0 Å². The average Bonchev–Trinajstić information content (AvgIpc) is 2.76. The molecule has 2 aromatic carbocycles. The fraction of sp³-hybridized carbons (Fsp3) is 0.333. The maximum atomic E-state index is 13.8. The van der Waals surface area contributed by atoms with Gasteiger partial charge in [0.25, 0.3) is 0 Å². The van der Waals surface area contributed by atoms with E-state index in [9.17, 15) is 9.50 Å². The molecule has 0 aliphatic heterocycles. The summed E-state index contributed by atoms with van der Waals surface area (Å²) in [5.74, 6) is -0.158. The summed E-state index contributed by atoms with van der Waals surface area (Å²) in [5, 5.41) is 11.0. The van der Waals surface area contributed by atoms with Gasteiger partial charge in [0.15, 0.2) is 11.6 Å². The summed E-state index contributed by atoms with van der Waals surface area (Å²) >= 11 is 0. The van der Waals surface area contributed by atoms with Gasteiger partial charge in [0.05, 0.1) is 12.7 Å². The maximum absolute atomic E-state index is 13.8. The Labute approximate surface area is 124 Å². The molecule has 3 rings (SSSR count). The van der Waals surface area contributed by atoms with E-state index in [0.717, 1.165) is 23.1 Å². The summed E-state index contributed by atoms with van der Waals surface area (Å²) < 4.78 is 18.7. The Kier molecular flexibility index (Phi) is 3.46. The van der Waals surface area contributed by atoms with E-state index >= 15 is 0 Å². The zero-order chi connectivity index (χ0) is 15.0. The van der Waals surface area contributed by atoms with Crippen molar-refractivity contribution in [2.24, 2.45) is 0 Å². The summed E-state index contributed by atoms with van der Waals surface area (Å²) in [4.78, 5) is 0. The lowest BCUT2D eigenvalue weighted by molar-refractivity contribution is 0.0388. The third-order valence-corrected chi connectivity index (χ3v) is 4.29. The van der Waals surface area contributed by atoms with Gasteiger partial charge in [-0.15, -0.1) is 0 Å². The van der Waals surface area contributed by atoms with E-state index < -0.39 is 5.60 Å². The number of benzene rings is 2. The van der Waals surface area contributed by atoms with Gasteiger partial charge in [0.1, 0.15) is 0 Å². The molecule has 0 heterocycles. The monoisotopic (exact) mass is 286 g/mol. The number of hydrogen-bond donors (Lipinski definition) is 1. The minimum Gasteiger partial charge on any atom is -0.494 e. The molecule has 2 nitrogen and oxygen atoms in total. The van der Waals surface area contributed by atoms with Crippen molar-refractivity contribution in [3.63, 3.8) is 0 Å². The number of fused-ring (bicyclic) bond motifs is 1. The van der Waals surface area contributed by atoms with Crippen LogP contribution in [0, 0.1) is 12.7 Å². The highest BCUT2D eigenvalue weighted by atomic mass is 19.1. The van der Waals surface area contributed by atoms with E-state index in [-0.39, 0.29) is 11.6 Å². The van der Waals surface area contributed by atoms with Gasteiger partial charge in [0, 0.05) is 6.42 Å². The third-order valence-electron chi connectivity index (χ3n) is 4.29. The molecule has 2 aromatic rings. The normalized spacial score (nSPS) is 20.4. The topological polar surface area (TPSA) is 29.5 Å². The van der Waals surface area contributed by atoms with Crippen LogP contribution in [0.1, 0.15) is 28.7 Å². The van der Waals surface area contributed by atoms with Gasteiger partial charge in [-0.05, 0) is 48.6 Å². The Morgan fingerprint density at radius 1 is 1.24 bits per heavy atom. The molecule has 0 radical (unpaired) electrons. The Balaban J connectivity index is 1.92. The number of ether oxygens (including phenoxy) is 1. The van der Waals surface area contributed by atoms with E-state index in [1.165, 1.54) is 18.7 Å². The molecule has 110 valence electrons. The predicted molar refractivity (Wildman–Crippen MR) is 80.1 cm³/mol. The van der Waals surface area contributed by atoms with Crippen molar-refractivity contribution in [2.75, 3.05) is 7.11 Å². The number of halogens is 1. The first kappa shape index (κ1) is 14.1. The van der Waals surface area contributed by atoms with Gasteiger partial charge in [0.2, 0.25) is 0 Å². The molecule has 0 saturated heterocycles. The molecule has 0 fully saturated rings. The van der Waals surface area contributed by atoms with Crippen molar-refractivity contribution < 1.29 is 14.2 Å². The van der Waals surface area contributed by atoms with Crippen molar-refractivity contribution in [3.05, 3.63) is 64.5 Å². The number of methoxy groups -OCH3 is 1. The minimum absolute atomic E-state index is 0.230. The van der Waals surface area contributed by atoms with Crippen molar-refractivity contribution >= 4 is 0 Å². The predicted octanol–water partition coefficient (Wildman–Crippen LogP) is 3.52. The molecule has 0 aromatic heterocycles. The summed E-state index contributed by atoms with van der Waals surface area (Å²) in [6, 6.07) is 11.1. The van der Waals surface area contributed by atoms with E-state index in [1.54, 1.807) is 6.07 Å². The van der Waals surface area contributed by atoms with Crippen LogP contribution >= 0.6 is 0 Å². The van der Waals surface area contributed by atoms with E-state index in [0.29, 0.717) is 12.8 Å². The lowest BCUT2D eigenvalue weighted by Crippen LogP contribution is -2.25. The first-order valence-corrected chi connectivity index (χ1v) is 7.17. The molecule has 1 aliphatic rings. The summed E-state index contributed by atoms with van der Waals surface area (Å²) in [6.45, 7) is 2.02. The van der Waals surface area contributed by atoms with Crippen LogP contribution in [0.5, 0.6) is 5.75 Å². The molecule has 0 saturated carbocycles. The highest BCUT2D eigenvalue weighted by Crippen LogP contribution is 2.40. The Hall–Kier alpha value is -1.87. The van der Waals surface area contributed by atoms with Crippen LogP contribution in [-0.4, -0.2) is 12.2 Å². The van der Waals surface area contributed by atoms with Crippen LogP contribution in [0.25, 0.3) is 0 Å². The lowest BCUT2D eigenvalue weighted by atomic mass is 9.88. The number of aryl methyl sites for hydroxylation is 2. The Bertz CT molecular complexity index is 681. The summed E-state index contributed by atoms with van der Waals surface area (Å²) in [5.41, 5.74) is 3.19. The fourth-order valence-corrected chi connectivity index (χ4v) is 3.16. The van der Waals surface area contributed by atoms with Crippen molar-refractivity contribution in [2.45, 2.75) is 31.8 Å². The molecule has 1 aliphatic carbocycles. The molecule has 0 bridgehead atoms. The average molecular weight is 286 g/mol. The van der Waals surface area contributed by atoms with Crippen LogP contribution in [0.4, 0.5) is 4.39 Å². The number of aliphatic hydroxyl groups is 1. The molecule has 1 atom stereocenters. The molecule has 1 N–H and O–H groups in total. The molecule has 0 spiro atoms. The van der Waals surface area contributed by atoms with Gasteiger partial charge in [-0.2, -0.15) is 0 Å². The van der Waals surface area contributed by atoms with Gasteiger partial charge in [-0.1, -0.05) is 29.8 Å². The first-order valence-electron chi connectivity index (χ1n) is 7.17. The third kappa shape index (κ3) is 2.54. The summed E-state index contributed by atoms with van der Waals surface area (Å²) in [7, 11) is 1.45. The molecular weight excluding hydrogens is 267 g/mol. The first-order chi connectivity index (χ1) is 10.0. The molecular formula is C18H19FO2. The van der Waals surface area contributed by atoms with Crippen LogP contribution < -0.4 is 4.74 Å². The van der Waals surface area contributed by atoms with E-state index in [2.05, 4.69) is 12.1 Å². The van der Waals surface area contributed by atoms with Crippen LogP contribution in [0.2, 0.25) is 0 Å². The quantitative estimate of drug-likeness (QED) is 0.935. The second-order valence-corrected chi connectivity index (χ2v) is 5.84. The largest absolute Gasteiger partial charge is 0.494 e. The van der Waals surface area contributed by atoms with Crippen molar-refractivity contribution in [1.29, 1.82) is 0 Å². The Morgan fingerprint density at radius 2 is 2.05 bits per heavy atom. The van der Waals surface area contributed by atoms with Gasteiger partial charge in [-0.25, -0.2) is 4.39 Å². The molecule has 0 amide bonds. The van der Waals surface area contributed by atoms with Crippen LogP contribution in [-0.2, 0) is 18.4 Å². The fourth-order valence-electron chi connectivity index (χ4n) is 3.16. The van der Waals surface area contributed by atoms with Gasteiger partial charge >= 0.3 is 0 Å². The smallest absolute Gasteiger partial charge is 0.165 e. The zero-order valence-electron chi connectivity index (χ0n) is 12.3. The number of rotatable bonds is 3. The maximum Gasteiger partial charge on any atom is 0.165 e. The lowest BCUT2D eigenvalue weighted by Gasteiger charge is -2.24. The number of hydrogen-bond acceptors (Lipinski definition) is 2. The minimum atomic E-state index is -0.900. The SMILES string of the molecule is COc1ccc(CC2(O)CCc3ccc(C)cc32)cc1F. The highest BCUT2D eigenvalue weighted by molar-refractivity contribution is 5.41. The second kappa shape index (κ2) is 5.15. The summed E-state index contributed by atoms with van der Waals surface area (Å²) in [6.07, 6.45) is 1.97. The molecule has 21 heavy (non-hydrogen) atoms. The van der Waals surface area contributed by atoms with Gasteiger partial charge < -0.3 is 9.84 Å².